The molecule has 0 unspecified atom stereocenters. The Morgan fingerprint density at radius 3 is 2.11 bits per heavy atom. The molecular weight excluding hydrogens is 254 g/mol. The number of benzene rings is 1. The smallest absolute Gasteiger partial charge is 0.0406 e. The highest BCUT2D eigenvalue weighted by Crippen LogP contribution is 2.38. The maximum atomic E-state index is 5.94. The van der Waals surface area contributed by atoms with Crippen molar-refractivity contribution in [2.75, 3.05) is 0 Å². The molecule has 0 aromatic heterocycles. The van der Waals surface area contributed by atoms with Crippen LogP contribution in [0.25, 0.3) is 0 Å². The number of hydrogen-bond donors (Lipinski definition) is 1. The summed E-state index contributed by atoms with van der Waals surface area (Å²) in [6.45, 7) is 0. The Balaban J connectivity index is 1.45. The first-order valence-electron chi connectivity index (χ1n) is 7.83. The van der Waals surface area contributed by atoms with Crippen molar-refractivity contribution >= 4 is 11.6 Å². The van der Waals surface area contributed by atoms with Crippen LogP contribution in [0.3, 0.4) is 0 Å². The molecule has 2 heteroatoms. The topological polar surface area (TPSA) is 12.0 Å². The van der Waals surface area contributed by atoms with Crippen LogP contribution in [0.2, 0.25) is 5.02 Å². The molecule has 2 fully saturated rings. The largest absolute Gasteiger partial charge is 0.311 e. The highest BCUT2D eigenvalue weighted by Gasteiger charge is 2.31. The lowest BCUT2D eigenvalue weighted by Crippen LogP contribution is -2.45. The standard InChI is InChI=1S/C17H24ClN/c18-15-9-7-13(8-10-15)14-11-17(12-14)19-16-5-3-1-2-4-6-16/h7-10,14,16-17,19H,1-6,11-12H2. The van der Waals surface area contributed by atoms with Crippen LogP contribution in [0, 0.1) is 0 Å². The van der Waals surface area contributed by atoms with Crippen LogP contribution in [-0.4, -0.2) is 12.1 Å². The van der Waals surface area contributed by atoms with E-state index in [0.29, 0.717) is 0 Å². The van der Waals surface area contributed by atoms with Gasteiger partial charge in [0.1, 0.15) is 0 Å². The second kappa shape index (κ2) is 6.28. The molecule has 0 aliphatic heterocycles. The minimum Gasteiger partial charge on any atom is -0.311 e. The van der Waals surface area contributed by atoms with Crippen molar-refractivity contribution in [1.82, 2.24) is 5.32 Å². The second-order valence-electron chi connectivity index (χ2n) is 6.27. The third-order valence-electron chi connectivity index (χ3n) is 4.81. The van der Waals surface area contributed by atoms with E-state index in [-0.39, 0.29) is 0 Å². The predicted molar refractivity (Wildman–Crippen MR) is 81.8 cm³/mol. The van der Waals surface area contributed by atoms with Gasteiger partial charge in [-0.1, -0.05) is 49.4 Å². The number of hydrogen-bond acceptors (Lipinski definition) is 1. The van der Waals surface area contributed by atoms with E-state index in [1.807, 2.05) is 12.1 Å². The van der Waals surface area contributed by atoms with Gasteiger partial charge >= 0.3 is 0 Å². The Morgan fingerprint density at radius 1 is 0.842 bits per heavy atom. The summed E-state index contributed by atoms with van der Waals surface area (Å²) in [7, 11) is 0. The monoisotopic (exact) mass is 277 g/mol. The van der Waals surface area contributed by atoms with Crippen LogP contribution in [0.4, 0.5) is 0 Å². The van der Waals surface area contributed by atoms with E-state index >= 15 is 0 Å². The molecule has 0 amide bonds. The predicted octanol–water partition coefficient (Wildman–Crippen LogP) is 4.90. The molecule has 1 aromatic carbocycles. The lowest BCUT2D eigenvalue weighted by atomic mass is 9.75. The van der Waals surface area contributed by atoms with Crippen LogP contribution < -0.4 is 5.32 Å². The molecule has 0 spiro atoms. The highest BCUT2D eigenvalue weighted by atomic mass is 35.5. The molecule has 0 heterocycles. The van der Waals surface area contributed by atoms with Crippen LogP contribution in [0.15, 0.2) is 24.3 Å². The van der Waals surface area contributed by atoms with Crippen molar-refractivity contribution in [3.8, 4) is 0 Å². The third-order valence-corrected chi connectivity index (χ3v) is 5.06. The molecule has 1 nitrogen and oxygen atoms in total. The van der Waals surface area contributed by atoms with E-state index in [0.717, 1.165) is 23.0 Å². The lowest BCUT2D eigenvalue weighted by Gasteiger charge is -2.38. The zero-order valence-electron chi connectivity index (χ0n) is 11.6. The van der Waals surface area contributed by atoms with Gasteiger partial charge in [-0.15, -0.1) is 0 Å². The summed E-state index contributed by atoms with van der Waals surface area (Å²) in [6.07, 6.45) is 11.1. The molecule has 2 aliphatic rings. The molecule has 3 rings (SSSR count). The lowest BCUT2D eigenvalue weighted by molar-refractivity contribution is 0.254. The van der Waals surface area contributed by atoms with Crippen LogP contribution in [0.5, 0.6) is 0 Å². The quantitative estimate of drug-likeness (QED) is 0.775. The van der Waals surface area contributed by atoms with Gasteiger partial charge in [0.25, 0.3) is 0 Å². The van der Waals surface area contributed by atoms with Crippen LogP contribution in [-0.2, 0) is 0 Å². The van der Waals surface area contributed by atoms with Crippen molar-refractivity contribution in [2.24, 2.45) is 0 Å². The van der Waals surface area contributed by atoms with Crippen molar-refractivity contribution < 1.29 is 0 Å². The SMILES string of the molecule is Clc1ccc(C2CC(NC3CCCCCC3)C2)cc1. The van der Waals surface area contributed by atoms with Gasteiger partial charge < -0.3 is 5.32 Å². The summed E-state index contributed by atoms with van der Waals surface area (Å²) in [5, 5.41) is 4.72. The van der Waals surface area contributed by atoms with E-state index in [4.69, 9.17) is 11.6 Å². The van der Waals surface area contributed by atoms with Crippen LogP contribution >= 0.6 is 11.6 Å². The average Bonchev–Trinajstić information content (AvgIpc) is 2.63. The fraction of sp³-hybridized carbons (Fsp3) is 0.647. The molecule has 0 atom stereocenters. The van der Waals surface area contributed by atoms with Gasteiger partial charge in [0.05, 0.1) is 0 Å². The molecule has 0 bridgehead atoms. The molecular formula is C17H24ClN. The molecule has 0 saturated heterocycles. The first-order chi connectivity index (χ1) is 9.31. The van der Waals surface area contributed by atoms with Gasteiger partial charge in [0.2, 0.25) is 0 Å². The molecule has 19 heavy (non-hydrogen) atoms. The summed E-state index contributed by atoms with van der Waals surface area (Å²) in [5.74, 6) is 0.751. The molecule has 1 aromatic rings. The van der Waals surface area contributed by atoms with E-state index in [1.165, 1.54) is 56.9 Å². The van der Waals surface area contributed by atoms with E-state index in [9.17, 15) is 0 Å². The fourth-order valence-electron chi connectivity index (χ4n) is 3.54. The zero-order chi connectivity index (χ0) is 13.1. The van der Waals surface area contributed by atoms with Gasteiger partial charge in [-0.2, -0.15) is 0 Å². The zero-order valence-corrected chi connectivity index (χ0v) is 12.3. The summed E-state index contributed by atoms with van der Waals surface area (Å²) in [5.41, 5.74) is 1.46. The number of rotatable bonds is 3. The highest BCUT2D eigenvalue weighted by molar-refractivity contribution is 6.30. The Hall–Kier alpha value is -0.530. The molecule has 104 valence electrons. The second-order valence-corrected chi connectivity index (χ2v) is 6.71. The average molecular weight is 278 g/mol. The summed E-state index contributed by atoms with van der Waals surface area (Å²) >= 11 is 5.94. The van der Waals surface area contributed by atoms with Gasteiger partial charge in [0, 0.05) is 17.1 Å². The van der Waals surface area contributed by atoms with Gasteiger partial charge in [0.15, 0.2) is 0 Å². The first-order valence-corrected chi connectivity index (χ1v) is 8.20. The summed E-state index contributed by atoms with van der Waals surface area (Å²) in [4.78, 5) is 0. The minimum atomic E-state index is 0.751. The Morgan fingerprint density at radius 2 is 1.47 bits per heavy atom. The summed E-state index contributed by atoms with van der Waals surface area (Å²) < 4.78 is 0. The number of halogens is 1. The van der Waals surface area contributed by atoms with E-state index in [2.05, 4.69) is 17.4 Å². The van der Waals surface area contributed by atoms with Crippen molar-refractivity contribution in [3.63, 3.8) is 0 Å². The van der Waals surface area contributed by atoms with Crippen molar-refractivity contribution in [1.29, 1.82) is 0 Å². The van der Waals surface area contributed by atoms with Gasteiger partial charge in [-0.25, -0.2) is 0 Å². The maximum Gasteiger partial charge on any atom is 0.0406 e. The summed E-state index contributed by atoms with van der Waals surface area (Å²) in [6, 6.07) is 9.96. The minimum absolute atomic E-state index is 0.751. The maximum absolute atomic E-state index is 5.94. The van der Waals surface area contributed by atoms with E-state index in [1.54, 1.807) is 0 Å². The van der Waals surface area contributed by atoms with Crippen LogP contribution in [0.1, 0.15) is 62.8 Å². The normalized spacial score (nSPS) is 28.7. The third kappa shape index (κ3) is 3.52. The molecule has 1 N–H and O–H groups in total. The first kappa shape index (κ1) is 13.5. The van der Waals surface area contributed by atoms with Gasteiger partial charge in [-0.3, -0.25) is 0 Å². The Bertz CT molecular complexity index is 386. The van der Waals surface area contributed by atoms with Crippen molar-refractivity contribution in [3.05, 3.63) is 34.9 Å². The molecule has 0 radical (unpaired) electrons. The Kier molecular flexibility index (Phi) is 4.45. The van der Waals surface area contributed by atoms with Gasteiger partial charge in [-0.05, 0) is 49.3 Å². The fourth-order valence-corrected chi connectivity index (χ4v) is 3.67. The Labute approximate surface area is 121 Å². The van der Waals surface area contributed by atoms with Crippen molar-refractivity contribution in [2.45, 2.75) is 69.4 Å². The van der Waals surface area contributed by atoms with E-state index < -0.39 is 0 Å². The molecule has 2 saturated carbocycles. The number of nitrogens with one attached hydrogen (secondary N) is 1. The molecule has 2 aliphatic carbocycles.